The van der Waals surface area contributed by atoms with Crippen molar-refractivity contribution in [1.29, 1.82) is 0 Å². The fourth-order valence-electron chi connectivity index (χ4n) is 2.20. The van der Waals surface area contributed by atoms with Crippen LogP contribution in [0.3, 0.4) is 0 Å². The molecule has 1 aromatic carbocycles. The first-order valence-electron chi connectivity index (χ1n) is 6.22. The van der Waals surface area contributed by atoms with E-state index >= 15 is 0 Å². The number of likely N-dealkylation sites (tertiary alicyclic amines) is 1. The van der Waals surface area contributed by atoms with Gasteiger partial charge in [-0.15, -0.1) is 0 Å². The van der Waals surface area contributed by atoms with Gasteiger partial charge in [-0.25, -0.2) is 0 Å². The van der Waals surface area contributed by atoms with E-state index in [1.54, 1.807) is 30.0 Å². The summed E-state index contributed by atoms with van der Waals surface area (Å²) in [7, 11) is 0. The van der Waals surface area contributed by atoms with Crippen molar-refractivity contribution in [3.05, 3.63) is 29.3 Å². The van der Waals surface area contributed by atoms with Crippen LogP contribution in [0.1, 0.15) is 29.8 Å². The number of hydrogen-bond acceptors (Lipinski definition) is 3. The van der Waals surface area contributed by atoms with Crippen molar-refractivity contribution in [2.75, 3.05) is 13.1 Å². The summed E-state index contributed by atoms with van der Waals surface area (Å²) in [6.45, 7) is 7.06. The highest BCUT2D eigenvalue weighted by atomic mass is 16.3. The third-order valence-electron chi connectivity index (χ3n) is 3.94. The third-order valence-corrected chi connectivity index (χ3v) is 3.94. The largest absolute Gasteiger partial charge is 0.508 e. The summed E-state index contributed by atoms with van der Waals surface area (Å²) in [6, 6.07) is 5.01. The van der Waals surface area contributed by atoms with Crippen LogP contribution in [0.15, 0.2) is 18.2 Å². The Balaban J connectivity index is 2.13. The van der Waals surface area contributed by atoms with Gasteiger partial charge in [0.1, 0.15) is 5.75 Å². The fourth-order valence-corrected chi connectivity index (χ4v) is 2.20. The second-order valence-corrected chi connectivity index (χ2v) is 5.50. The van der Waals surface area contributed by atoms with E-state index in [0.29, 0.717) is 30.1 Å². The van der Waals surface area contributed by atoms with E-state index < -0.39 is 0 Å². The molecule has 0 unspecified atom stereocenters. The minimum atomic E-state index is -0.264. The number of rotatable bonds is 2. The number of amides is 1. The summed E-state index contributed by atoms with van der Waals surface area (Å²) in [6.07, 6.45) is 0. The lowest BCUT2D eigenvalue weighted by atomic mass is 9.80. The molecule has 1 amide bonds. The molecule has 0 radical (unpaired) electrons. The van der Waals surface area contributed by atoms with Crippen LogP contribution in [-0.2, 0) is 0 Å². The van der Waals surface area contributed by atoms with Crippen LogP contribution < -0.4 is 5.73 Å². The Morgan fingerprint density at radius 3 is 2.61 bits per heavy atom. The predicted molar refractivity (Wildman–Crippen MR) is 70.5 cm³/mol. The van der Waals surface area contributed by atoms with Crippen molar-refractivity contribution in [2.24, 2.45) is 11.7 Å². The molecular formula is C14H20N2O2. The first-order chi connectivity index (χ1) is 8.35. The van der Waals surface area contributed by atoms with Crippen molar-refractivity contribution in [2.45, 2.75) is 26.3 Å². The van der Waals surface area contributed by atoms with Gasteiger partial charge in [0.25, 0.3) is 5.91 Å². The second kappa shape index (κ2) is 4.28. The highest BCUT2D eigenvalue weighted by Crippen LogP contribution is 2.29. The first-order valence-corrected chi connectivity index (χ1v) is 6.22. The maximum absolute atomic E-state index is 12.3. The average molecular weight is 248 g/mol. The predicted octanol–water partition coefficient (Wildman–Crippen LogP) is 1.51. The quantitative estimate of drug-likeness (QED) is 0.833. The lowest BCUT2D eigenvalue weighted by molar-refractivity contribution is 0.0274. The number of nitrogens with two attached hydrogens (primary N) is 1. The Hall–Kier alpha value is -1.55. The molecular weight excluding hydrogens is 228 g/mol. The third kappa shape index (κ3) is 1.97. The molecule has 1 aromatic rings. The van der Waals surface area contributed by atoms with Gasteiger partial charge < -0.3 is 15.7 Å². The molecule has 0 bridgehead atoms. The van der Waals surface area contributed by atoms with Gasteiger partial charge in [0.2, 0.25) is 0 Å². The van der Waals surface area contributed by atoms with Crippen molar-refractivity contribution in [3.63, 3.8) is 0 Å². The van der Waals surface area contributed by atoms with Crippen LogP contribution in [0, 0.1) is 12.8 Å². The standard InChI is InChI=1S/C14H20N2O2/c1-9(2)14(15)7-16(8-14)13(18)11-5-4-6-12(17)10(11)3/h4-6,9,17H,7-8,15H2,1-3H3. The van der Waals surface area contributed by atoms with Crippen LogP contribution >= 0.6 is 0 Å². The number of phenols is 1. The number of aromatic hydroxyl groups is 1. The lowest BCUT2D eigenvalue weighted by Crippen LogP contribution is -2.71. The zero-order valence-corrected chi connectivity index (χ0v) is 11.1. The summed E-state index contributed by atoms with van der Waals surface area (Å²) in [4.78, 5) is 14.0. The van der Waals surface area contributed by atoms with E-state index in [1.165, 1.54) is 0 Å². The molecule has 0 aliphatic carbocycles. The van der Waals surface area contributed by atoms with E-state index in [0.717, 1.165) is 0 Å². The number of carbonyl (C=O) groups excluding carboxylic acids is 1. The fraction of sp³-hybridized carbons (Fsp3) is 0.500. The van der Waals surface area contributed by atoms with E-state index in [1.807, 2.05) is 0 Å². The smallest absolute Gasteiger partial charge is 0.254 e. The van der Waals surface area contributed by atoms with Gasteiger partial charge in [-0.1, -0.05) is 19.9 Å². The number of hydrogen-bond donors (Lipinski definition) is 2. The summed E-state index contributed by atoms with van der Waals surface area (Å²) in [5, 5.41) is 9.62. The van der Waals surface area contributed by atoms with Crippen molar-refractivity contribution in [3.8, 4) is 5.75 Å². The molecule has 1 saturated heterocycles. The van der Waals surface area contributed by atoms with Gasteiger partial charge in [0.05, 0.1) is 5.54 Å². The van der Waals surface area contributed by atoms with Crippen LogP contribution in [0.25, 0.3) is 0 Å². The molecule has 0 spiro atoms. The maximum atomic E-state index is 12.3. The molecule has 4 nitrogen and oxygen atoms in total. The van der Waals surface area contributed by atoms with Crippen molar-refractivity contribution < 1.29 is 9.90 Å². The van der Waals surface area contributed by atoms with Gasteiger partial charge in [0, 0.05) is 24.2 Å². The Kier molecular flexibility index (Phi) is 3.07. The molecule has 98 valence electrons. The topological polar surface area (TPSA) is 66.6 Å². The van der Waals surface area contributed by atoms with Crippen LogP contribution in [0.2, 0.25) is 0 Å². The average Bonchev–Trinajstić information content (AvgIpc) is 2.27. The van der Waals surface area contributed by atoms with Gasteiger partial charge in [-0.2, -0.15) is 0 Å². The molecule has 3 N–H and O–H groups in total. The molecule has 1 aliphatic rings. The monoisotopic (exact) mass is 248 g/mol. The van der Waals surface area contributed by atoms with Crippen LogP contribution in [0.4, 0.5) is 0 Å². The number of phenolic OH excluding ortho intramolecular Hbond substituents is 1. The molecule has 18 heavy (non-hydrogen) atoms. The molecule has 0 saturated carbocycles. The molecule has 0 atom stereocenters. The zero-order valence-electron chi connectivity index (χ0n) is 11.1. The van der Waals surface area contributed by atoms with Crippen molar-refractivity contribution >= 4 is 5.91 Å². The second-order valence-electron chi connectivity index (χ2n) is 5.50. The minimum Gasteiger partial charge on any atom is -0.508 e. The number of benzene rings is 1. The summed E-state index contributed by atoms with van der Waals surface area (Å²) < 4.78 is 0. The summed E-state index contributed by atoms with van der Waals surface area (Å²) in [5.74, 6) is 0.459. The van der Waals surface area contributed by atoms with Gasteiger partial charge in [-0.3, -0.25) is 4.79 Å². The molecule has 1 heterocycles. The van der Waals surface area contributed by atoms with Gasteiger partial charge >= 0.3 is 0 Å². The van der Waals surface area contributed by atoms with E-state index in [4.69, 9.17) is 5.73 Å². The zero-order chi connectivity index (χ0) is 13.5. The molecule has 0 aromatic heterocycles. The Bertz CT molecular complexity index is 477. The summed E-state index contributed by atoms with van der Waals surface area (Å²) in [5.41, 5.74) is 7.10. The van der Waals surface area contributed by atoms with E-state index in [-0.39, 0.29) is 17.2 Å². The molecule has 4 heteroatoms. The lowest BCUT2D eigenvalue weighted by Gasteiger charge is -2.50. The van der Waals surface area contributed by atoms with E-state index in [9.17, 15) is 9.90 Å². The molecule has 1 aliphatic heterocycles. The Morgan fingerprint density at radius 2 is 2.06 bits per heavy atom. The molecule has 1 fully saturated rings. The van der Waals surface area contributed by atoms with Crippen LogP contribution in [0.5, 0.6) is 5.75 Å². The Labute approximate surface area is 107 Å². The van der Waals surface area contributed by atoms with Gasteiger partial charge in [-0.05, 0) is 25.0 Å². The van der Waals surface area contributed by atoms with Crippen molar-refractivity contribution in [1.82, 2.24) is 4.90 Å². The highest BCUT2D eigenvalue weighted by Gasteiger charge is 2.44. The number of nitrogens with zero attached hydrogens (tertiary/aromatic N) is 1. The van der Waals surface area contributed by atoms with E-state index in [2.05, 4.69) is 13.8 Å². The highest BCUT2D eigenvalue weighted by molar-refractivity contribution is 5.97. The normalized spacial score (nSPS) is 17.7. The van der Waals surface area contributed by atoms with Gasteiger partial charge in [0.15, 0.2) is 0 Å². The number of carbonyl (C=O) groups is 1. The minimum absolute atomic E-state index is 0.0508. The Morgan fingerprint density at radius 1 is 1.44 bits per heavy atom. The maximum Gasteiger partial charge on any atom is 0.254 e. The van der Waals surface area contributed by atoms with Crippen LogP contribution in [-0.4, -0.2) is 34.5 Å². The summed E-state index contributed by atoms with van der Waals surface area (Å²) >= 11 is 0. The molecule has 2 rings (SSSR count). The SMILES string of the molecule is Cc1c(O)cccc1C(=O)N1CC(N)(C(C)C)C1. The first kappa shape index (κ1) is 12.9.